The second kappa shape index (κ2) is 14.0. The molecule has 0 aliphatic rings. The van der Waals surface area contributed by atoms with Gasteiger partial charge in [0.2, 0.25) is 0 Å². The Morgan fingerprint density at radius 3 is 1.53 bits per heavy atom. The molecule has 0 aliphatic carbocycles. The van der Waals surface area contributed by atoms with Gasteiger partial charge in [-0.25, -0.2) is 9.97 Å². The van der Waals surface area contributed by atoms with E-state index in [1.54, 1.807) is 0 Å². The van der Waals surface area contributed by atoms with Crippen LogP contribution in [0.3, 0.4) is 0 Å². The lowest BCUT2D eigenvalue weighted by atomic mass is 9.92. The molecular formula is C53H33N5. The van der Waals surface area contributed by atoms with Gasteiger partial charge in [0.1, 0.15) is 0 Å². The molecule has 0 atom stereocenters. The van der Waals surface area contributed by atoms with Crippen LogP contribution in [0.25, 0.3) is 111 Å². The molecule has 0 aliphatic heterocycles. The quantitative estimate of drug-likeness (QED) is 0.170. The molecule has 0 amide bonds. The van der Waals surface area contributed by atoms with Gasteiger partial charge in [-0.1, -0.05) is 103 Å². The number of pyridine rings is 5. The van der Waals surface area contributed by atoms with Crippen molar-refractivity contribution in [2.45, 2.75) is 0 Å². The van der Waals surface area contributed by atoms with Crippen LogP contribution in [-0.4, -0.2) is 24.9 Å². The maximum atomic E-state index is 5.25. The highest BCUT2D eigenvalue weighted by Crippen LogP contribution is 2.38. The average molecular weight is 740 g/mol. The Morgan fingerprint density at radius 1 is 0.259 bits per heavy atom. The van der Waals surface area contributed by atoms with E-state index in [2.05, 4.69) is 157 Å². The molecule has 5 nitrogen and oxygen atoms in total. The zero-order valence-corrected chi connectivity index (χ0v) is 31.3. The van der Waals surface area contributed by atoms with E-state index in [-0.39, 0.29) is 0 Å². The summed E-state index contributed by atoms with van der Waals surface area (Å²) < 4.78 is 0. The first-order valence-corrected chi connectivity index (χ1v) is 19.4. The van der Waals surface area contributed by atoms with Crippen LogP contribution in [-0.2, 0) is 0 Å². The molecule has 270 valence electrons. The molecule has 0 saturated carbocycles. The van der Waals surface area contributed by atoms with E-state index in [1.165, 1.54) is 0 Å². The first-order chi connectivity index (χ1) is 28.7. The predicted octanol–water partition coefficient (Wildman–Crippen LogP) is 13.3. The molecule has 0 radical (unpaired) electrons. The Morgan fingerprint density at radius 2 is 0.810 bits per heavy atom. The molecule has 11 aromatic rings. The van der Waals surface area contributed by atoms with Crippen molar-refractivity contribution in [1.29, 1.82) is 0 Å². The van der Waals surface area contributed by atoms with Crippen LogP contribution in [0.1, 0.15) is 0 Å². The summed E-state index contributed by atoms with van der Waals surface area (Å²) in [5, 5.41) is 4.38. The molecule has 0 bridgehead atoms. The maximum Gasteiger partial charge on any atom is 0.0780 e. The summed E-state index contributed by atoms with van der Waals surface area (Å²) in [5.74, 6) is 0. The van der Waals surface area contributed by atoms with Crippen molar-refractivity contribution in [2.75, 3.05) is 0 Å². The van der Waals surface area contributed by atoms with Crippen molar-refractivity contribution in [3.05, 3.63) is 201 Å². The van der Waals surface area contributed by atoms with Crippen LogP contribution in [0, 0.1) is 0 Å². The first-order valence-electron chi connectivity index (χ1n) is 19.4. The summed E-state index contributed by atoms with van der Waals surface area (Å²) in [5.41, 5.74) is 16.3. The molecule has 0 spiro atoms. The monoisotopic (exact) mass is 739 g/mol. The van der Waals surface area contributed by atoms with Gasteiger partial charge in [-0.05, 0) is 101 Å². The molecule has 0 unspecified atom stereocenters. The lowest BCUT2D eigenvalue weighted by Crippen LogP contribution is -1.92. The van der Waals surface area contributed by atoms with Crippen LogP contribution in [0.15, 0.2) is 201 Å². The number of fused-ring (bicyclic) bond motifs is 4. The van der Waals surface area contributed by atoms with Gasteiger partial charge in [-0.3, -0.25) is 15.0 Å². The van der Waals surface area contributed by atoms with E-state index in [9.17, 15) is 0 Å². The Kier molecular flexibility index (Phi) is 8.07. The van der Waals surface area contributed by atoms with Crippen LogP contribution in [0.4, 0.5) is 0 Å². The average Bonchev–Trinajstić information content (AvgIpc) is 3.30. The summed E-state index contributed by atoms with van der Waals surface area (Å²) in [6.07, 6.45) is 5.55. The minimum absolute atomic E-state index is 0.902. The maximum absolute atomic E-state index is 5.25. The van der Waals surface area contributed by atoms with Gasteiger partial charge < -0.3 is 0 Å². The van der Waals surface area contributed by atoms with Crippen molar-refractivity contribution in [3.63, 3.8) is 0 Å². The third-order valence-electron chi connectivity index (χ3n) is 10.9. The van der Waals surface area contributed by atoms with Crippen molar-refractivity contribution in [3.8, 4) is 67.2 Å². The fourth-order valence-corrected chi connectivity index (χ4v) is 8.06. The summed E-state index contributed by atoms with van der Waals surface area (Å²) in [7, 11) is 0. The molecule has 5 aromatic heterocycles. The summed E-state index contributed by atoms with van der Waals surface area (Å²) in [4.78, 5) is 24.5. The number of benzene rings is 6. The lowest BCUT2D eigenvalue weighted by Gasteiger charge is -2.14. The van der Waals surface area contributed by atoms with E-state index in [1.807, 2.05) is 48.9 Å². The molecule has 5 heteroatoms. The van der Waals surface area contributed by atoms with E-state index in [0.717, 1.165) is 111 Å². The van der Waals surface area contributed by atoms with E-state index >= 15 is 0 Å². The number of hydrogen-bond donors (Lipinski definition) is 0. The second-order valence-electron chi connectivity index (χ2n) is 14.6. The topological polar surface area (TPSA) is 64.5 Å². The van der Waals surface area contributed by atoms with Crippen molar-refractivity contribution < 1.29 is 0 Å². The molecule has 0 saturated heterocycles. The predicted molar refractivity (Wildman–Crippen MR) is 238 cm³/mol. The third-order valence-corrected chi connectivity index (χ3v) is 10.9. The zero-order valence-electron chi connectivity index (χ0n) is 31.3. The minimum atomic E-state index is 0.902. The van der Waals surface area contributed by atoms with Crippen molar-refractivity contribution >= 4 is 43.6 Å². The van der Waals surface area contributed by atoms with Crippen molar-refractivity contribution in [2.24, 2.45) is 0 Å². The SMILES string of the molecule is c1ccc(-c2cccc(-c3ccc4ccc(-c5ccc6nc(-c7cc(-c8cccc9cccnc89)cc(-c8cccc9cccnc89)c7)ccc6c5)cc4n3)c2)nc1. The number of nitrogens with zero attached hydrogens (tertiary/aromatic N) is 5. The fourth-order valence-electron chi connectivity index (χ4n) is 8.06. The normalized spacial score (nSPS) is 11.4. The van der Waals surface area contributed by atoms with Gasteiger partial charge in [0.15, 0.2) is 0 Å². The number of aromatic nitrogens is 5. The standard InChI is InChI=1S/C53H33N5/c1-2-25-54-47(16-1)39-10-3-11-40(29-39)48-22-19-34-17-18-38(33-51(34)58-48)37-20-23-49-41(28-37)21-24-50(57-49)44-31-42(45-14-4-8-35-12-6-26-55-52(35)45)30-43(32-44)46-15-5-9-36-13-7-27-56-53(36)46/h1-33H. The van der Waals surface area contributed by atoms with Crippen LogP contribution in [0.5, 0.6) is 0 Å². The first kappa shape index (κ1) is 33.4. The Hall–Kier alpha value is -7.89. The molecule has 5 heterocycles. The fraction of sp³-hybridized carbons (Fsp3) is 0. The van der Waals surface area contributed by atoms with Gasteiger partial charge in [0.25, 0.3) is 0 Å². The third kappa shape index (κ3) is 6.12. The molecular weight excluding hydrogens is 707 g/mol. The number of rotatable bonds is 6. The van der Waals surface area contributed by atoms with Gasteiger partial charge in [-0.2, -0.15) is 0 Å². The van der Waals surface area contributed by atoms with E-state index < -0.39 is 0 Å². The van der Waals surface area contributed by atoms with Crippen LogP contribution in [0.2, 0.25) is 0 Å². The number of para-hydroxylation sites is 2. The molecule has 0 fully saturated rings. The Balaban J connectivity index is 0.973. The molecule has 0 N–H and O–H groups in total. The Labute approximate surface area is 335 Å². The summed E-state index contributed by atoms with van der Waals surface area (Å²) in [6, 6.07) is 63.6. The van der Waals surface area contributed by atoms with E-state index in [0.29, 0.717) is 0 Å². The Bertz CT molecular complexity index is 3250. The zero-order chi connectivity index (χ0) is 38.4. The highest BCUT2D eigenvalue weighted by molar-refractivity contribution is 5.99. The number of hydrogen-bond acceptors (Lipinski definition) is 5. The van der Waals surface area contributed by atoms with Crippen molar-refractivity contribution in [1.82, 2.24) is 24.9 Å². The largest absolute Gasteiger partial charge is 0.256 e. The van der Waals surface area contributed by atoms with Gasteiger partial charge in [-0.15, -0.1) is 0 Å². The van der Waals surface area contributed by atoms with Crippen LogP contribution < -0.4 is 0 Å². The second-order valence-corrected chi connectivity index (χ2v) is 14.6. The molecule has 6 aromatic carbocycles. The summed E-state index contributed by atoms with van der Waals surface area (Å²) >= 11 is 0. The minimum Gasteiger partial charge on any atom is -0.256 e. The van der Waals surface area contributed by atoms with Gasteiger partial charge in [0.05, 0.1) is 39.1 Å². The van der Waals surface area contributed by atoms with Crippen LogP contribution >= 0.6 is 0 Å². The van der Waals surface area contributed by atoms with Gasteiger partial charge >= 0.3 is 0 Å². The molecule has 11 rings (SSSR count). The van der Waals surface area contributed by atoms with E-state index in [4.69, 9.17) is 19.9 Å². The van der Waals surface area contributed by atoms with Gasteiger partial charge in [0, 0.05) is 68.0 Å². The highest BCUT2D eigenvalue weighted by Gasteiger charge is 2.14. The lowest BCUT2D eigenvalue weighted by molar-refractivity contribution is 1.32. The molecule has 58 heavy (non-hydrogen) atoms. The smallest absolute Gasteiger partial charge is 0.0780 e. The summed E-state index contributed by atoms with van der Waals surface area (Å²) in [6.45, 7) is 0. The highest BCUT2D eigenvalue weighted by atomic mass is 14.7.